The Bertz CT molecular complexity index is 1350. The first-order valence-corrected chi connectivity index (χ1v) is 11.2. The minimum absolute atomic E-state index is 0. The van der Waals surface area contributed by atoms with Gasteiger partial charge in [-0.2, -0.15) is 4.98 Å². The Kier molecular flexibility index (Phi) is 6.37. The smallest absolute Gasteiger partial charge is 0.316 e. The van der Waals surface area contributed by atoms with E-state index in [4.69, 9.17) is 4.74 Å². The van der Waals surface area contributed by atoms with E-state index >= 15 is 0 Å². The number of phenolic OH excluding ortho intramolecular Hbond substituents is 1. The molecule has 3 aromatic heterocycles. The summed E-state index contributed by atoms with van der Waals surface area (Å²) >= 11 is 0. The van der Waals surface area contributed by atoms with Crippen LogP contribution in [-0.4, -0.2) is 58.5 Å². The topological polar surface area (TPSA) is 124 Å². The van der Waals surface area contributed by atoms with Gasteiger partial charge in [0.1, 0.15) is 11.3 Å². The first-order chi connectivity index (χ1) is 16.1. The second kappa shape index (κ2) is 9.01. The average Bonchev–Trinajstić information content (AvgIpc) is 3.20. The third-order valence-corrected chi connectivity index (χ3v) is 6.12. The van der Waals surface area contributed by atoms with Crippen LogP contribution in [0.1, 0.15) is 46.6 Å². The number of nitrogens with zero attached hydrogens (tertiary/aromatic N) is 7. The third kappa shape index (κ3) is 4.89. The summed E-state index contributed by atoms with van der Waals surface area (Å²) in [6.45, 7) is 8.81. The van der Waals surface area contributed by atoms with E-state index in [-0.39, 0.29) is 41.3 Å². The monoisotopic (exact) mass is 496 g/mol. The molecule has 35 heavy (non-hydrogen) atoms. The van der Waals surface area contributed by atoms with Gasteiger partial charge in [0.15, 0.2) is 0 Å². The molecule has 1 aromatic carbocycles. The molecule has 10 nitrogen and oxygen atoms in total. The quantitative estimate of drug-likeness (QED) is 0.431. The predicted octanol–water partition coefficient (Wildman–Crippen LogP) is 3.96. The van der Waals surface area contributed by atoms with E-state index in [1.807, 2.05) is 16.8 Å². The molecule has 0 bridgehead atoms. The summed E-state index contributed by atoms with van der Waals surface area (Å²) in [6, 6.07) is 9.28. The Balaban J connectivity index is 0.00000289. The van der Waals surface area contributed by atoms with Gasteiger partial charge in [0.2, 0.25) is 5.65 Å². The van der Waals surface area contributed by atoms with Gasteiger partial charge in [-0.15, -0.1) is 27.7 Å². The van der Waals surface area contributed by atoms with Crippen molar-refractivity contribution in [2.75, 3.05) is 7.11 Å². The molecule has 1 aliphatic rings. The van der Waals surface area contributed by atoms with Crippen molar-refractivity contribution in [2.24, 2.45) is 0 Å². The first kappa shape index (κ1) is 24.7. The van der Waals surface area contributed by atoms with Crippen LogP contribution in [0.15, 0.2) is 36.5 Å². The second-order valence-electron chi connectivity index (χ2n) is 10.1. The van der Waals surface area contributed by atoms with Crippen LogP contribution in [-0.2, 0) is 0 Å². The Labute approximate surface area is 209 Å². The summed E-state index contributed by atoms with van der Waals surface area (Å²) in [6.07, 6.45) is 3.43. The highest BCUT2D eigenvalue weighted by atomic mass is 35.5. The fraction of sp³-hybridized carbons (Fsp3) is 0.417. The van der Waals surface area contributed by atoms with Crippen molar-refractivity contribution < 1.29 is 9.84 Å². The van der Waals surface area contributed by atoms with Crippen LogP contribution in [0.3, 0.4) is 0 Å². The lowest BCUT2D eigenvalue weighted by Gasteiger charge is -2.46. The first-order valence-electron chi connectivity index (χ1n) is 11.2. The highest BCUT2D eigenvalue weighted by molar-refractivity contribution is 5.85. The van der Waals surface area contributed by atoms with Crippen LogP contribution in [0, 0.1) is 0 Å². The van der Waals surface area contributed by atoms with Gasteiger partial charge in [-0.25, -0.2) is 9.67 Å². The molecule has 0 atom stereocenters. The zero-order valence-electron chi connectivity index (χ0n) is 20.3. The van der Waals surface area contributed by atoms with Gasteiger partial charge in [-0.05, 0) is 64.8 Å². The summed E-state index contributed by atoms with van der Waals surface area (Å²) in [5.41, 5.74) is 3.69. The van der Waals surface area contributed by atoms with Gasteiger partial charge in [0.05, 0.1) is 24.5 Å². The third-order valence-electron chi connectivity index (χ3n) is 6.12. The summed E-state index contributed by atoms with van der Waals surface area (Å²) < 4.78 is 6.98. The fourth-order valence-electron chi connectivity index (χ4n) is 5.08. The van der Waals surface area contributed by atoms with Crippen molar-refractivity contribution in [2.45, 2.75) is 57.7 Å². The standard InChI is InChI=1S/C24H28N8O2.ClH/c1-23(2)12-15(13-24(3,4)30-23)32-21-19(28-31-32)11-18(27-29-21)16-7-6-14(10-20(16)33)17-8-9-25-22(26-17)34-5;/h6-11,15,30,33H,12-13H2,1-5H3;1H. The van der Waals surface area contributed by atoms with Crippen molar-refractivity contribution in [3.05, 3.63) is 36.5 Å². The number of piperidine rings is 1. The Morgan fingerprint density at radius 1 is 1.00 bits per heavy atom. The van der Waals surface area contributed by atoms with Gasteiger partial charge in [-0.3, -0.25) is 0 Å². The summed E-state index contributed by atoms with van der Waals surface area (Å²) in [7, 11) is 1.51. The molecule has 1 aliphatic heterocycles. The fourth-order valence-corrected chi connectivity index (χ4v) is 5.08. The molecule has 0 spiro atoms. The highest BCUT2D eigenvalue weighted by Crippen LogP contribution is 2.37. The van der Waals surface area contributed by atoms with E-state index in [0.717, 1.165) is 18.4 Å². The lowest BCUT2D eigenvalue weighted by molar-refractivity contribution is 0.127. The van der Waals surface area contributed by atoms with Gasteiger partial charge in [0, 0.05) is 28.4 Å². The normalized spacial score (nSPS) is 17.2. The van der Waals surface area contributed by atoms with Crippen LogP contribution in [0.4, 0.5) is 0 Å². The predicted molar refractivity (Wildman–Crippen MR) is 135 cm³/mol. The van der Waals surface area contributed by atoms with E-state index in [0.29, 0.717) is 28.1 Å². The summed E-state index contributed by atoms with van der Waals surface area (Å²) in [5, 5.41) is 32.1. The van der Waals surface area contributed by atoms with E-state index in [9.17, 15) is 5.11 Å². The molecule has 0 amide bonds. The number of hydrogen-bond donors (Lipinski definition) is 2. The van der Waals surface area contributed by atoms with Crippen LogP contribution < -0.4 is 10.1 Å². The van der Waals surface area contributed by atoms with E-state index in [1.54, 1.807) is 24.4 Å². The molecule has 0 aliphatic carbocycles. The number of nitrogens with one attached hydrogen (secondary N) is 1. The highest BCUT2D eigenvalue weighted by Gasteiger charge is 2.39. The molecule has 4 heterocycles. The molecule has 4 aromatic rings. The number of halogens is 1. The lowest BCUT2D eigenvalue weighted by atomic mass is 9.80. The van der Waals surface area contributed by atoms with Gasteiger partial charge >= 0.3 is 6.01 Å². The summed E-state index contributed by atoms with van der Waals surface area (Å²) in [4.78, 5) is 8.33. The molecular weight excluding hydrogens is 468 g/mol. The minimum Gasteiger partial charge on any atom is -0.507 e. The lowest BCUT2D eigenvalue weighted by Crippen LogP contribution is -2.58. The van der Waals surface area contributed by atoms with Crippen molar-refractivity contribution in [3.63, 3.8) is 0 Å². The Morgan fingerprint density at radius 2 is 1.74 bits per heavy atom. The number of phenols is 1. The number of hydrogen-bond acceptors (Lipinski definition) is 9. The molecule has 11 heteroatoms. The Hall–Kier alpha value is -3.37. The average molecular weight is 497 g/mol. The molecule has 0 unspecified atom stereocenters. The minimum atomic E-state index is -0.0285. The maximum Gasteiger partial charge on any atom is 0.316 e. The Morgan fingerprint density at radius 3 is 2.43 bits per heavy atom. The number of fused-ring (bicyclic) bond motifs is 1. The zero-order chi connectivity index (χ0) is 24.1. The second-order valence-corrected chi connectivity index (χ2v) is 10.1. The molecule has 5 rings (SSSR count). The van der Waals surface area contributed by atoms with Crippen LogP contribution in [0.25, 0.3) is 33.7 Å². The van der Waals surface area contributed by atoms with Crippen molar-refractivity contribution >= 4 is 23.6 Å². The maximum absolute atomic E-state index is 10.7. The largest absolute Gasteiger partial charge is 0.507 e. The van der Waals surface area contributed by atoms with Gasteiger partial charge < -0.3 is 15.2 Å². The molecule has 184 valence electrons. The van der Waals surface area contributed by atoms with E-state index in [2.05, 4.69) is 63.5 Å². The summed E-state index contributed by atoms with van der Waals surface area (Å²) in [5.74, 6) is 0.0676. The number of ether oxygens (including phenoxy) is 1. The molecule has 2 N–H and O–H groups in total. The van der Waals surface area contributed by atoms with Crippen LogP contribution in [0.2, 0.25) is 0 Å². The molecular formula is C24H29ClN8O2. The van der Waals surface area contributed by atoms with Crippen LogP contribution >= 0.6 is 12.4 Å². The maximum atomic E-state index is 10.7. The molecule has 1 fully saturated rings. The molecule has 1 saturated heterocycles. The number of methoxy groups -OCH3 is 1. The zero-order valence-corrected chi connectivity index (χ0v) is 21.2. The van der Waals surface area contributed by atoms with E-state index in [1.165, 1.54) is 7.11 Å². The number of benzene rings is 1. The van der Waals surface area contributed by atoms with E-state index < -0.39 is 0 Å². The SMILES string of the molecule is COc1nccc(-c2ccc(-c3cc4nnn(C5CC(C)(C)NC(C)(C)C5)c4nn3)c(O)c2)n1.Cl. The van der Waals surface area contributed by atoms with Crippen LogP contribution in [0.5, 0.6) is 11.8 Å². The van der Waals surface area contributed by atoms with Gasteiger partial charge in [0.25, 0.3) is 0 Å². The number of rotatable bonds is 4. The number of aromatic hydroxyl groups is 1. The van der Waals surface area contributed by atoms with Gasteiger partial charge in [-0.1, -0.05) is 11.3 Å². The molecule has 0 saturated carbocycles. The number of aromatic nitrogens is 7. The van der Waals surface area contributed by atoms with Crippen molar-refractivity contribution in [1.82, 2.24) is 40.5 Å². The van der Waals surface area contributed by atoms with Crippen molar-refractivity contribution in [3.8, 4) is 34.3 Å². The molecule has 0 radical (unpaired) electrons. The van der Waals surface area contributed by atoms with Crippen molar-refractivity contribution in [1.29, 1.82) is 0 Å².